The van der Waals surface area contributed by atoms with E-state index in [1.165, 1.54) is 44.7 Å². The molecule has 0 amide bonds. The molecule has 0 aromatic carbocycles. The van der Waals surface area contributed by atoms with Gasteiger partial charge in [-0.15, -0.1) is 0 Å². The third-order valence-electron chi connectivity index (χ3n) is 3.63. The van der Waals surface area contributed by atoms with Crippen molar-refractivity contribution in [2.45, 2.75) is 66.2 Å². The van der Waals surface area contributed by atoms with Gasteiger partial charge in [0.05, 0.1) is 24.6 Å². The first-order chi connectivity index (χ1) is 7.24. The number of hydrogen-bond donors (Lipinski definition) is 0. The molecule has 0 N–H and O–H groups in total. The van der Waals surface area contributed by atoms with Crippen LogP contribution in [0.5, 0.6) is 0 Å². The SMILES string of the molecule is CCCC[P+](CC)(CCCC)CCCC.[Y]. The maximum absolute atomic E-state index is 2.45. The van der Waals surface area contributed by atoms with Gasteiger partial charge in [0, 0.05) is 40.0 Å². The number of rotatable bonds is 10. The molecular weight excluding hydrogens is 288 g/mol. The predicted molar refractivity (Wildman–Crippen MR) is 76.8 cm³/mol. The minimum absolute atomic E-state index is 0. The average molecular weight is 320 g/mol. The standard InChI is InChI=1S/C14H32P.Y/c1-5-9-12-15(8-4,13-10-6-2)14-11-7-3;/h5-14H2,1-4H3;/q+1;. The molecule has 0 bridgehead atoms. The zero-order chi connectivity index (χ0) is 11.6. The van der Waals surface area contributed by atoms with E-state index in [1.54, 1.807) is 18.5 Å². The van der Waals surface area contributed by atoms with Crippen molar-refractivity contribution in [1.82, 2.24) is 0 Å². The molecule has 0 saturated heterocycles. The third-order valence-corrected chi connectivity index (χ3v) is 8.77. The molecule has 0 aromatic heterocycles. The van der Waals surface area contributed by atoms with E-state index in [-0.39, 0.29) is 32.7 Å². The summed E-state index contributed by atoms with van der Waals surface area (Å²) in [5.74, 6) is 0. The van der Waals surface area contributed by atoms with Crippen molar-refractivity contribution < 1.29 is 32.7 Å². The van der Waals surface area contributed by atoms with E-state index in [2.05, 4.69) is 27.7 Å². The first-order valence-corrected chi connectivity index (χ1v) is 9.62. The van der Waals surface area contributed by atoms with Crippen molar-refractivity contribution in [2.24, 2.45) is 0 Å². The van der Waals surface area contributed by atoms with Gasteiger partial charge in [-0.25, -0.2) is 0 Å². The maximum atomic E-state index is 2.45. The van der Waals surface area contributed by atoms with Crippen LogP contribution >= 0.6 is 7.26 Å². The molecule has 0 saturated carbocycles. The predicted octanol–water partition coefficient (Wildman–Crippen LogP) is 5.42. The van der Waals surface area contributed by atoms with Crippen LogP contribution in [0.1, 0.15) is 66.2 Å². The topological polar surface area (TPSA) is 0 Å². The third kappa shape index (κ3) is 8.60. The van der Waals surface area contributed by atoms with Crippen molar-refractivity contribution in [2.75, 3.05) is 24.6 Å². The Morgan fingerprint density at radius 3 is 1.12 bits per heavy atom. The summed E-state index contributed by atoms with van der Waals surface area (Å²) >= 11 is 0. The van der Waals surface area contributed by atoms with Crippen molar-refractivity contribution in [3.05, 3.63) is 0 Å². The minimum Gasteiger partial charge on any atom is -0.0652 e. The van der Waals surface area contributed by atoms with Gasteiger partial charge >= 0.3 is 0 Å². The van der Waals surface area contributed by atoms with Crippen molar-refractivity contribution in [3.63, 3.8) is 0 Å². The normalized spacial score (nSPS) is 11.2. The van der Waals surface area contributed by atoms with E-state index in [1.807, 2.05) is 0 Å². The summed E-state index contributed by atoms with van der Waals surface area (Å²) in [7, 11) is -0.527. The molecule has 16 heavy (non-hydrogen) atoms. The zero-order valence-electron chi connectivity index (χ0n) is 12.1. The molecule has 0 unspecified atom stereocenters. The Labute approximate surface area is 130 Å². The van der Waals surface area contributed by atoms with Crippen LogP contribution in [-0.4, -0.2) is 24.6 Å². The van der Waals surface area contributed by atoms with Crippen molar-refractivity contribution in [3.8, 4) is 0 Å². The van der Waals surface area contributed by atoms with Gasteiger partial charge < -0.3 is 0 Å². The molecule has 0 fully saturated rings. The van der Waals surface area contributed by atoms with Crippen LogP contribution in [0, 0.1) is 0 Å². The van der Waals surface area contributed by atoms with Gasteiger partial charge in [0.25, 0.3) is 0 Å². The fourth-order valence-corrected chi connectivity index (χ4v) is 6.87. The summed E-state index contributed by atoms with van der Waals surface area (Å²) in [5.41, 5.74) is 0. The van der Waals surface area contributed by atoms with Gasteiger partial charge in [0.15, 0.2) is 0 Å². The van der Waals surface area contributed by atoms with E-state index < -0.39 is 7.26 Å². The summed E-state index contributed by atoms with van der Waals surface area (Å²) in [5, 5.41) is 0. The number of hydrogen-bond acceptors (Lipinski definition) is 0. The van der Waals surface area contributed by atoms with E-state index in [0.29, 0.717) is 0 Å². The Morgan fingerprint density at radius 2 is 0.938 bits per heavy atom. The van der Waals surface area contributed by atoms with E-state index >= 15 is 0 Å². The van der Waals surface area contributed by atoms with Crippen LogP contribution in [0.2, 0.25) is 0 Å². The molecule has 1 radical (unpaired) electrons. The molecule has 0 heterocycles. The average Bonchev–Trinajstić information content (AvgIpc) is 2.29. The fraction of sp³-hybridized carbons (Fsp3) is 1.00. The van der Waals surface area contributed by atoms with Crippen LogP contribution in [0.3, 0.4) is 0 Å². The molecule has 95 valence electrons. The second-order valence-corrected chi connectivity index (χ2v) is 9.55. The van der Waals surface area contributed by atoms with Gasteiger partial charge in [0.2, 0.25) is 0 Å². The van der Waals surface area contributed by atoms with Crippen LogP contribution < -0.4 is 0 Å². The quantitative estimate of drug-likeness (QED) is 0.471. The Kier molecular flexibility index (Phi) is 16.1. The van der Waals surface area contributed by atoms with E-state index in [0.717, 1.165) is 0 Å². The second-order valence-electron chi connectivity index (χ2n) is 4.89. The second kappa shape index (κ2) is 13.0. The minimum atomic E-state index is -0.527. The summed E-state index contributed by atoms with van der Waals surface area (Å²) in [6, 6.07) is 0. The molecule has 0 aliphatic rings. The van der Waals surface area contributed by atoms with Crippen LogP contribution in [0.15, 0.2) is 0 Å². The monoisotopic (exact) mass is 320 g/mol. The molecule has 0 aromatic rings. The molecule has 0 atom stereocenters. The van der Waals surface area contributed by atoms with Gasteiger partial charge in [-0.3, -0.25) is 0 Å². The smallest absolute Gasteiger partial charge is 0.0594 e. The molecule has 0 rings (SSSR count). The van der Waals surface area contributed by atoms with Gasteiger partial charge in [-0.05, 0) is 26.2 Å². The van der Waals surface area contributed by atoms with Gasteiger partial charge in [-0.2, -0.15) is 0 Å². The summed E-state index contributed by atoms with van der Waals surface area (Å²) < 4.78 is 0. The van der Waals surface area contributed by atoms with Crippen LogP contribution in [-0.2, 0) is 32.7 Å². The van der Waals surface area contributed by atoms with Crippen molar-refractivity contribution in [1.29, 1.82) is 0 Å². The fourth-order valence-electron chi connectivity index (χ4n) is 2.29. The Bertz CT molecular complexity index is 115. The Balaban J connectivity index is 0. The van der Waals surface area contributed by atoms with Gasteiger partial charge in [0.1, 0.15) is 0 Å². The summed E-state index contributed by atoms with van der Waals surface area (Å²) in [4.78, 5) is 0. The Hall–Kier alpha value is 1.53. The summed E-state index contributed by atoms with van der Waals surface area (Å²) in [6.45, 7) is 9.46. The largest absolute Gasteiger partial charge is 0.0652 e. The first kappa shape index (κ1) is 19.9. The molecular formula is C14H32PY+. The van der Waals surface area contributed by atoms with Crippen LogP contribution in [0.25, 0.3) is 0 Å². The van der Waals surface area contributed by atoms with Crippen molar-refractivity contribution >= 4 is 7.26 Å². The summed E-state index contributed by atoms with van der Waals surface area (Å²) in [6.07, 6.45) is 14.9. The van der Waals surface area contributed by atoms with E-state index in [4.69, 9.17) is 0 Å². The van der Waals surface area contributed by atoms with Crippen LogP contribution in [0.4, 0.5) is 0 Å². The molecule has 0 spiro atoms. The van der Waals surface area contributed by atoms with Gasteiger partial charge in [-0.1, -0.05) is 40.0 Å². The zero-order valence-corrected chi connectivity index (χ0v) is 15.8. The molecule has 2 heteroatoms. The molecule has 0 aliphatic heterocycles. The number of unbranched alkanes of at least 4 members (excludes halogenated alkanes) is 3. The molecule has 0 nitrogen and oxygen atoms in total. The molecule has 0 aliphatic carbocycles. The maximum Gasteiger partial charge on any atom is 0.0594 e. The Morgan fingerprint density at radius 1 is 0.625 bits per heavy atom. The first-order valence-electron chi connectivity index (χ1n) is 7.09. The van der Waals surface area contributed by atoms with E-state index in [9.17, 15) is 0 Å².